The number of hydrogen-bond donors (Lipinski definition) is 1. The third-order valence-corrected chi connectivity index (χ3v) is 6.26. The molecular formula is C22H24F3N3O4S. The lowest BCUT2D eigenvalue weighted by molar-refractivity contribution is -0.138. The molecule has 0 unspecified atom stereocenters. The molecule has 0 atom stereocenters. The highest BCUT2D eigenvalue weighted by atomic mass is 32.1. The van der Waals surface area contributed by atoms with E-state index < -0.39 is 23.6 Å². The molecule has 7 nitrogen and oxygen atoms in total. The molecule has 1 aliphatic heterocycles. The summed E-state index contributed by atoms with van der Waals surface area (Å²) in [6.07, 6.45) is -4.61. The fourth-order valence-corrected chi connectivity index (χ4v) is 4.50. The minimum Gasteiger partial charge on any atom is -0.462 e. The number of halogens is 3. The standard InChI is InChI=1S/C22H24F3N3O4S/c1-3-32-21(31)19-14(2)12-18(33-19)26-17(29)13-27-8-10-28(11-9-27)20(30)15-6-4-5-7-16(15)22(23,24)25/h4-7,12H,3,8-11,13H2,1-2H3,(H,26,29). The molecule has 1 fully saturated rings. The van der Waals surface area contributed by atoms with E-state index in [-0.39, 0.29) is 37.7 Å². The Morgan fingerprint density at radius 2 is 1.79 bits per heavy atom. The average Bonchev–Trinajstić information content (AvgIpc) is 3.13. The number of esters is 1. The molecule has 0 saturated carbocycles. The van der Waals surface area contributed by atoms with Crippen molar-refractivity contribution < 1.29 is 32.3 Å². The third kappa shape index (κ3) is 6.11. The van der Waals surface area contributed by atoms with E-state index in [9.17, 15) is 27.6 Å². The van der Waals surface area contributed by atoms with Crippen LogP contribution in [0.5, 0.6) is 0 Å². The number of nitrogens with zero attached hydrogens (tertiary/aromatic N) is 2. The molecule has 0 radical (unpaired) electrons. The van der Waals surface area contributed by atoms with Gasteiger partial charge in [-0.3, -0.25) is 14.5 Å². The molecule has 33 heavy (non-hydrogen) atoms. The van der Waals surface area contributed by atoms with Crippen LogP contribution in [-0.4, -0.2) is 66.9 Å². The lowest BCUT2D eigenvalue weighted by atomic mass is 10.1. The molecule has 1 N–H and O–H groups in total. The third-order valence-electron chi connectivity index (χ3n) is 5.13. The van der Waals surface area contributed by atoms with Gasteiger partial charge in [-0.15, -0.1) is 11.3 Å². The van der Waals surface area contributed by atoms with E-state index in [1.807, 2.05) is 4.90 Å². The second kappa shape index (κ2) is 10.3. The smallest absolute Gasteiger partial charge is 0.417 e. The van der Waals surface area contributed by atoms with Gasteiger partial charge in [0.25, 0.3) is 5.91 Å². The second-order valence-electron chi connectivity index (χ2n) is 7.50. The number of nitrogens with one attached hydrogen (secondary N) is 1. The number of thiophene rings is 1. The van der Waals surface area contributed by atoms with Crippen molar-refractivity contribution >= 4 is 34.1 Å². The van der Waals surface area contributed by atoms with Gasteiger partial charge in [-0.05, 0) is 37.6 Å². The van der Waals surface area contributed by atoms with Crippen LogP contribution in [-0.2, 0) is 15.7 Å². The van der Waals surface area contributed by atoms with Crippen molar-refractivity contribution in [1.82, 2.24) is 9.80 Å². The summed E-state index contributed by atoms with van der Waals surface area (Å²) < 4.78 is 44.7. The summed E-state index contributed by atoms with van der Waals surface area (Å²) in [7, 11) is 0. The van der Waals surface area contributed by atoms with Crippen LogP contribution < -0.4 is 5.32 Å². The summed E-state index contributed by atoms with van der Waals surface area (Å²) >= 11 is 1.13. The molecule has 0 aliphatic carbocycles. The minimum absolute atomic E-state index is 0.0624. The van der Waals surface area contributed by atoms with Crippen molar-refractivity contribution in [3.05, 3.63) is 51.9 Å². The summed E-state index contributed by atoms with van der Waals surface area (Å²) in [5, 5.41) is 3.28. The van der Waals surface area contributed by atoms with Crippen molar-refractivity contribution in [2.75, 3.05) is 44.6 Å². The summed E-state index contributed by atoms with van der Waals surface area (Å²) in [5.74, 6) is -1.39. The van der Waals surface area contributed by atoms with Crippen molar-refractivity contribution in [2.45, 2.75) is 20.0 Å². The van der Waals surface area contributed by atoms with Gasteiger partial charge in [0.2, 0.25) is 5.91 Å². The van der Waals surface area contributed by atoms with E-state index >= 15 is 0 Å². The predicted octanol–water partition coefficient (Wildman–Crippen LogP) is 3.65. The molecule has 2 aromatic rings. The van der Waals surface area contributed by atoms with Crippen molar-refractivity contribution in [3.8, 4) is 0 Å². The zero-order valence-corrected chi connectivity index (χ0v) is 19.0. The van der Waals surface area contributed by atoms with Gasteiger partial charge in [0, 0.05) is 26.2 Å². The summed E-state index contributed by atoms with van der Waals surface area (Å²) in [6.45, 7) is 4.92. The molecule has 11 heteroatoms. The monoisotopic (exact) mass is 483 g/mol. The molecule has 0 bridgehead atoms. The minimum atomic E-state index is -4.61. The lowest BCUT2D eigenvalue weighted by Gasteiger charge is -2.34. The number of rotatable bonds is 6. The van der Waals surface area contributed by atoms with E-state index in [0.717, 1.165) is 17.4 Å². The van der Waals surface area contributed by atoms with Crippen molar-refractivity contribution in [3.63, 3.8) is 0 Å². The first kappa shape index (κ1) is 24.7. The molecule has 178 valence electrons. The summed E-state index contributed by atoms with van der Waals surface area (Å²) in [6, 6.07) is 6.43. The van der Waals surface area contributed by atoms with Crippen LogP contribution in [0.4, 0.5) is 18.2 Å². The second-order valence-corrected chi connectivity index (χ2v) is 8.56. The number of benzene rings is 1. The van der Waals surface area contributed by atoms with Crippen LogP contribution in [0.1, 0.15) is 38.1 Å². The molecule has 2 amide bonds. The van der Waals surface area contributed by atoms with Crippen molar-refractivity contribution in [1.29, 1.82) is 0 Å². The number of amides is 2. The Morgan fingerprint density at radius 3 is 2.42 bits per heavy atom. The van der Waals surface area contributed by atoms with Gasteiger partial charge in [-0.25, -0.2) is 4.79 Å². The largest absolute Gasteiger partial charge is 0.462 e. The Balaban J connectivity index is 1.54. The van der Waals surface area contributed by atoms with Gasteiger partial charge in [0.15, 0.2) is 0 Å². The SMILES string of the molecule is CCOC(=O)c1sc(NC(=O)CN2CCN(C(=O)c3ccccc3C(F)(F)F)CC2)cc1C. The molecule has 2 heterocycles. The van der Waals surface area contributed by atoms with E-state index in [1.165, 1.54) is 23.1 Å². The Hall–Kier alpha value is -2.92. The highest BCUT2D eigenvalue weighted by Crippen LogP contribution is 2.32. The first-order valence-corrected chi connectivity index (χ1v) is 11.2. The number of carbonyl (C=O) groups is 3. The highest BCUT2D eigenvalue weighted by Gasteiger charge is 2.36. The fraction of sp³-hybridized carbons (Fsp3) is 0.409. The van der Waals surface area contributed by atoms with Crippen LogP contribution in [0.3, 0.4) is 0 Å². The molecule has 0 spiro atoms. The number of alkyl halides is 3. The Morgan fingerprint density at radius 1 is 1.12 bits per heavy atom. The average molecular weight is 484 g/mol. The molecule has 1 aromatic heterocycles. The molecule has 1 aromatic carbocycles. The summed E-state index contributed by atoms with van der Waals surface area (Å²) in [4.78, 5) is 40.6. The number of ether oxygens (including phenoxy) is 1. The summed E-state index contributed by atoms with van der Waals surface area (Å²) in [5.41, 5.74) is -0.619. The zero-order chi connectivity index (χ0) is 24.2. The van der Waals surface area contributed by atoms with Crippen LogP contribution in [0.15, 0.2) is 30.3 Å². The predicted molar refractivity (Wildman–Crippen MR) is 117 cm³/mol. The van der Waals surface area contributed by atoms with E-state index in [1.54, 1.807) is 19.9 Å². The topological polar surface area (TPSA) is 79.0 Å². The number of aryl methyl sites for hydroxylation is 1. The van der Waals surface area contributed by atoms with E-state index in [4.69, 9.17) is 4.74 Å². The Kier molecular flexibility index (Phi) is 7.75. The molecule has 1 aliphatic rings. The Bertz CT molecular complexity index is 1030. The maximum absolute atomic E-state index is 13.2. The molecule has 3 rings (SSSR count). The zero-order valence-electron chi connectivity index (χ0n) is 18.2. The molecule has 1 saturated heterocycles. The number of hydrogen-bond acceptors (Lipinski definition) is 6. The molecular weight excluding hydrogens is 459 g/mol. The number of carbonyl (C=O) groups excluding carboxylic acids is 3. The Labute approximate surface area is 193 Å². The van der Waals surface area contributed by atoms with Gasteiger partial charge >= 0.3 is 12.1 Å². The van der Waals surface area contributed by atoms with E-state index in [2.05, 4.69) is 5.32 Å². The van der Waals surface area contributed by atoms with Crippen LogP contribution in [0.25, 0.3) is 0 Å². The lowest BCUT2D eigenvalue weighted by Crippen LogP contribution is -2.50. The van der Waals surface area contributed by atoms with Gasteiger partial charge in [-0.2, -0.15) is 13.2 Å². The maximum Gasteiger partial charge on any atom is 0.417 e. The number of piperazine rings is 1. The van der Waals surface area contributed by atoms with Crippen LogP contribution in [0, 0.1) is 6.92 Å². The number of anilines is 1. The van der Waals surface area contributed by atoms with E-state index in [0.29, 0.717) is 28.5 Å². The fourth-order valence-electron chi connectivity index (χ4n) is 3.52. The normalized spacial score (nSPS) is 14.8. The first-order valence-electron chi connectivity index (χ1n) is 10.4. The van der Waals surface area contributed by atoms with Crippen LogP contribution >= 0.6 is 11.3 Å². The van der Waals surface area contributed by atoms with Crippen molar-refractivity contribution in [2.24, 2.45) is 0 Å². The van der Waals surface area contributed by atoms with Gasteiger partial charge in [-0.1, -0.05) is 12.1 Å². The van der Waals surface area contributed by atoms with Gasteiger partial charge in [0.05, 0.1) is 29.3 Å². The first-order chi connectivity index (χ1) is 15.6. The highest BCUT2D eigenvalue weighted by molar-refractivity contribution is 7.18. The maximum atomic E-state index is 13.2. The van der Waals surface area contributed by atoms with Gasteiger partial charge in [0.1, 0.15) is 4.88 Å². The quantitative estimate of drug-likeness (QED) is 0.635. The van der Waals surface area contributed by atoms with Gasteiger partial charge < -0.3 is 15.0 Å². The van der Waals surface area contributed by atoms with Crippen LogP contribution in [0.2, 0.25) is 0 Å².